The van der Waals surface area contributed by atoms with Crippen molar-refractivity contribution in [2.45, 2.75) is 45.4 Å². The number of hydrogen-bond acceptors (Lipinski definition) is 2. The number of benzene rings is 2. The Morgan fingerprint density at radius 3 is 2.00 bits per heavy atom. The summed E-state index contributed by atoms with van der Waals surface area (Å²) in [5.41, 5.74) is 9.10. The van der Waals surface area contributed by atoms with E-state index in [1.807, 2.05) is 12.1 Å². The van der Waals surface area contributed by atoms with Crippen LogP contribution in [0.1, 0.15) is 45.4 Å². The number of nitrogen functional groups attached to an aromatic ring is 1. The molecule has 118 valence electrons. The summed E-state index contributed by atoms with van der Waals surface area (Å²) in [7, 11) is 0. The van der Waals surface area contributed by atoms with Gasteiger partial charge in [-0.2, -0.15) is 0 Å². The molecule has 0 aliphatic heterocycles. The van der Waals surface area contributed by atoms with Crippen molar-refractivity contribution in [3.05, 3.63) is 54.6 Å². The normalized spacial score (nSPS) is 10.6. The summed E-state index contributed by atoms with van der Waals surface area (Å²) in [6.07, 6.45) is 7.91. The van der Waals surface area contributed by atoms with Crippen molar-refractivity contribution in [1.29, 1.82) is 0 Å². The van der Waals surface area contributed by atoms with Gasteiger partial charge in [0.15, 0.2) is 0 Å². The van der Waals surface area contributed by atoms with Crippen LogP contribution >= 0.6 is 0 Å². The zero-order valence-corrected chi connectivity index (χ0v) is 13.7. The largest absolute Gasteiger partial charge is 0.399 e. The number of nitrogens with zero attached hydrogens (tertiary/aromatic N) is 1. The standard InChI is InChI=1S/C20H28N2/c1-2-3-4-5-6-10-17-22(19-11-8-7-9-12-19)20-15-13-18(21)14-16-20/h7-9,11-16H,2-6,10,17,21H2,1H3. The molecule has 2 N–H and O–H groups in total. The van der Waals surface area contributed by atoms with Crippen LogP contribution in [0.2, 0.25) is 0 Å². The zero-order valence-electron chi connectivity index (χ0n) is 13.7. The molecule has 0 radical (unpaired) electrons. The Labute approximate surface area is 135 Å². The van der Waals surface area contributed by atoms with Crippen LogP contribution in [0.5, 0.6) is 0 Å². The van der Waals surface area contributed by atoms with Crippen LogP contribution in [-0.4, -0.2) is 6.54 Å². The number of nitrogens with two attached hydrogens (primary N) is 1. The van der Waals surface area contributed by atoms with E-state index in [1.165, 1.54) is 49.9 Å². The number of unbranched alkanes of at least 4 members (excludes halogenated alkanes) is 5. The first-order valence-electron chi connectivity index (χ1n) is 8.49. The van der Waals surface area contributed by atoms with Crippen LogP contribution in [-0.2, 0) is 0 Å². The van der Waals surface area contributed by atoms with E-state index in [9.17, 15) is 0 Å². The summed E-state index contributed by atoms with van der Waals surface area (Å²) in [5.74, 6) is 0. The lowest BCUT2D eigenvalue weighted by Gasteiger charge is -2.25. The van der Waals surface area contributed by atoms with Gasteiger partial charge in [0.2, 0.25) is 0 Å². The number of rotatable bonds is 9. The zero-order chi connectivity index (χ0) is 15.6. The van der Waals surface area contributed by atoms with Crippen molar-refractivity contribution in [3.63, 3.8) is 0 Å². The van der Waals surface area contributed by atoms with Crippen molar-refractivity contribution < 1.29 is 0 Å². The lowest BCUT2D eigenvalue weighted by atomic mass is 10.1. The lowest BCUT2D eigenvalue weighted by molar-refractivity contribution is 0.609. The molecule has 0 aliphatic carbocycles. The van der Waals surface area contributed by atoms with Gasteiger partial charge in [0.05, 0.1) is 0 Å². The van der Waals surface area contributed by atoms with E-state index in [0.717, 1.165) is 12.2 Å². The second-order valence-electron chi connectivity index (χ2n) is 5.85. The average Bonchev–Trinajstić information content (AvgIpc) is 2.56. The molecule has 22 heavy (non-hydrogen) atoms. The topological polar surface area (TPSA) is 29.3 Å². The maximum Gasteiger partial charge on any atom is 0.0412 e. The molecule has 0 fully saturated rings. The highest BCUT2D eigenvalue weighted by Crippen LogP contribution is 2.26. The Morgan fingerprint density at radius 1 is 0.727 bits per heavy atom. The SMILES string of the molecule is CCCCCCCCN(c1ccccc1)c1ccc(N)cc1. The van der Waals surface area contributed by atoms with E-state index >= 15 is 0 Å². The molecule has 2 rings (SSSR count). The van der Waals surface area contributed by atoms with Crippen LogP contribution in [0, 0.1) is 0 Å². The first-order valence-corrected chi connectivity index (χ1v) is 8.49. The Bertz CT molecular complexity index is 519. The molecule has 2 aromatic rings. The summed E-state index contributed by atoms with van der Waals surface area (Å²) in [5, 5.41) is 0. The van der Waals surface area contributed by atoms with E-state index in [0.29, 0.717) is 0 Å². The van der Waals surface area contributed by atoms with Crippen LogP contribution in [0.4, 0.5) is 17.1 Å². The molecule has 2 nitrogen and oxygen atoms in total. The minimum atomic E-state index is 0.816. The Balaban J connectivity index is 1.98. The maximum atomic E-state index is 5.82. The van der Waals surface area contributed by atoms with Gasteiger partial charge in [-0.3, -0.25) is 0 Å². The first-order chi connectivity index (χ1) is 10.8. The van der Waals surface area contributed by atoms with Gasteiger partial charge in [0.25, 0.3) is 0 Å². The molecule has 2 heteroatoms. The van der Waals surface area contributed by atoms with Crippen molar-refractivity contribution in [2.75, 3.05) is 17.2 Å². The quantitative estimate of drug-likeness (QED) is 0.470. The predicted octanol–water partition coefficient (Wildman–Crippen LogP) is 5.77. The number of anilines is 3. The van der Waals surface area contributed by atoms with Crippen LogP contribution < -0.4 is 10.6 Å². The van der Waals surface area contributed by atoms with Gasteiger partial charge in [-0.1, -0.05) is 57.2 Å². The molecular formula is C20H28N2. The van der Waals surface area contributed by atoms with Crippen LogP contribution in [0.25, 0.3) is 0 Å². The highest BCUT2D eigenvalue weighted by Gasteiger charge is 2.08. The lowest BCUT2D eigenvalue weighted by Crippen LogP contribution is -2.18. The minimum absolute atomic E-state index is 0.816. The molecule has 0 unspecified atom stereocenters. The van der Waals surface area contributed by atoms with Crippen LogP contribution in [0.15, 0.2) is 54.6 Å². The number of para-hydroxylation sites is 1. The van der Waals surface area contributed by atoms with Crippen molar-refractivity contribution >= 4 is 17.1 Å². The summed E-state index contributed by atoms with van der Waals surface area (Å²) in [6, 6.07) is 18.8. The second kappa shape index (κ2) is 9.14. The monoisotopic (exact) mass is 296 g/mol. The van der Waals surface area contributed by atoms with Gasteiger partial charge in [0.1, 0.15) is 0 Å². The van der Waals surface area contributed by atoms with Crippen molar-refractivity contribution in [3.8, 4) is 0 Å². The van der Waals surface area contributed by atoms with Gasteiger partial charge >= 0.3 is 0 Å². The third kappa shape index (κ3) is 5.10. The molecule has 0 atom stereocenters. The Morgan fingerprint density at radius 2 is 1.32 bits per heavy atom. The molecule has 0 aromatic heterocycles. The minimum Gasteiger partial charge on any atom is -0.399 e. The predicted molar refractivity (Wildman–Crippen MR) is 97.7 cm³/mol. The fraction of sp³-hybridized carbons (Fsp3) is 0.400. The van der Waals surface area contributed by atoms with E-state index in [2.05, 4.69) is 54.3 Å². The molecule has 0 bridgehead atoms. The second-order valence-corrected chi connectivity index (χ2v) is 5.85. The third-order valence-corrected chi connectivity index (χ3v) is 4.01. The fourth-order valence-corrected chi connectivity index (χ4v) is 2.72. The van der Waals surface area contributed by atoms with E-state index in [4.69, 9.17) is 5.73 Å². The maximum absolute atomic E-state index is 5.82. The third-order valence-electron chi connectivity index (χ3n) is 4.01. The van der Waals surface area contributed by atoms with Crippen LogP contribution in [0.3, 0.4) is 0 Å². The highest BCUT2D eigenvalue weighted by molar-refractivity contribution is 5.64. The van der Waals surface area contributed by atoms with Crippen molar-refractivity contribution in [2.24, 2.45) is 0 Å². The van der Waals surface area contributed by atoms with Gasteiger partial charge in [0, 0.05) is 23.6 Å². The van der Waals surface area contributed by atoms with Gasteiger partial charge in [-0.25, -0.2) is 0 Å². The summed E-state index contributed by atoms with van der Waals surface area (Å²) in [4.78, 5) is 2.39. The molecule has 0 saturated heterocycles. The number of hydrogen-bond donors (Lipinski definition) is 1. The van der Waals surface area contributed by atoms with E-state index < -0.39 is 0 Å². The molecular weight excluding hydrogens is 268 g/mol. The Hall–Kier alpha value is -1.96. The van der Waals surface area contributed by atoms with Gasteiger partial charge in [-0.15, -0.1) is 0 Å². The molecule has 2 aromatic carbocycles. The summed E-state index contributed by atoms with van der Waals surface area (Å²) >= 11 is 0. The molecule has 0 heterocycles. The summed E-state index contributed by atoms with van der Waals surface area (Å²) in [6.45, 7) is 3.32. The average molecular weight is 296 g/mol. The smallest absolute Gasteiger partial charge is 0.0412 e. The fourth-order valence-electron chi connectivity index (χ4n) is 2.72. The summed E-state index contributed by atoms with van der Waals surface area (Å²) < 4.78 is 0. The van der Waals surface area contributed by atoms with E-state index in [-0.39, 0.29) is 0 Å². The van der Waals surface area contributed by atoms with Crippen molar-refractivity contribution in [1.82, 2.24) is 0 Å². The molecule has 0 aliphatic rings. The Kier molecular flexibility index (Phi) is 6.82. The first kappa shape index (κ1) is 16.4. The highest BCUT2D eigenvalue weighted by atomic mass is 15.1. The molecule has 0 spiro atoms. The van der Waals surface area contributed by atoms with E-state index in [1.54, 1.807) is 0 Å². The molecule has 0 amide bonds. The molecule has 0 saturated carbocycles. The van der Waals surface area contributed by atoms with Gasteiger partial charge < -0.3 is 10.6 Å². The van der Waals surface area contributed by atoms with Gasteiger partial charge in [-0.05, 0) is 42.8 Å².